The molecule has 1 atom stereocenters. The third-order valence-electron chi connectivity index (χ3n) is 6.97. The highest BCUT2D eigenvalue weighted by Gasteiger charge is 2.48. The Kier molecular flexibility index (Phi) is 6.06. The molecule has 4 nitrogen and oxygen atoms in total. The summed E-state index contributed by atoms with van der Waals surface area (Å²) in [6.07, 6.45) is 13.6. The number of hydrogen-bond donors (Lipinski definition) is 1. The van der Waals surface area contributed by atoms with E-state index in [2.05, 4.69) is 38.1 Å². The van der Waals surface area contributed by atoms with Gasteiger partial charge in [0.05, 0.1) is 10.6 Å². The molecule has 1 saturated carbocycles. The van der Waals surface area contributed by atoms with Crippen molar-refractivity contribution in [2.24, 2.45) is 0 Å². The molecule has 0 aromatic carbocycles. The zero-order valence-electron chi connectivity index (χ0n) is 17.6. The molecule has 1 spiro atoms. The van der Waals surface area contributed by atoms with Crippen LogP contribution in [0.15, 0.2) is 42.9 Å². The summed E-state index contributed by atoms with van der Waals surface area (Å²) in [4.78, 5) is 9.06. The molecule has 29 heavy (non-hydrogen) atoms. The summed E-state index contributed by atoms with van der Waals surface area (Å²) in [7, 11) is 4.38. The largest absolute Gasteiger partial charge is 0.375 e. The lowest BCUT2D eigenvalue weighted by atomic mass is 9.58. The normalized spacial score (nSPS) is 24.0. The number of rotatable bonds is 6. The molecule has 152 valence electrons. The van der Waals surface area contributed by atoms with Crippen LogP contribution in [0.4, 0.5) is 0 Å². The second-order valence-electron chi connectivity index (χ2n) is 9.35. The van der Waals surface area contributed by atoms with Gasteiger partial charge < -0.3 is 10.1 Å². The highest BCUT2D eigenvalue weighted by Crippen LogP contribution is 2.49. The van der Waals surface area contributed by atoms with Crippen molar-refractivity contribution in [3.8, 4) is 0 Å². The molecule has 0 radical (unpaired) electrons. The van der Waals surface area contributed by atoms with Gasteiger partial charge >= 0.3 is 0 Å². The molecule has 7 heteroatoms. The number of nitrogens with zero attached hydrogens (tertiary/aromatic N) is 2. The Bertz CT molecular complexity index is 830. The van der Waals surface area contributed by atoms with Gasteiger partial charge in [0.15, 0.2) is 0 Å². The Morgan fingerprint density at radius 2 is 2.00 bits per heavy atom. The first-order valence-corrected chi connectivity index (χ1v) is 11.2. The van der Waals surface area contributed by atoms with E-state index in [1.165, 1.54) is 31.4 Å². The first kappa shape index (κ1) is 20.9. The van der Waals surface area contributed by atoms with E-state index in [4.69, 9.17) is 21.3 Å². The van der Waals surface area contributed by atoms with Crippen molar-refractivity contribution < 1.29 is 4.74 Å². The van der Waals surface area contributed by atoms with Gasteiger partial charge in [0, 0.05) is 36.3 Å². The maximum Gasteiger partial charge on any atom is 0.122 e. The van der Waals surface area contributed by atoms with Gasteiger partial charge in [-0.3, -0.25) is 9.97 Å². The van der Waals surface area contributed by atoms with Crippen molar-refractivity contribution in [2.45, 2.75) is 61.3 Å². The summed E-state index contributed by atoms with van der Waals surface area (Å²) >= 11 is 6.17. The molecule has 1 aliphatic carbocycles. The van der Waals surface area contributed by atoms with Crippen LogP contribution in [0.3, 0.4) is 0 Å². The molecule has 0 amide bonds. The molecule has 4 rings (SSSR count). The van der Waals surface area contributed by atoms with Gasteiger partial charge in [0.1, 0.15) is 15.7 Å². The standard InChI is InChI=1S/C22H30B2ClN3O/c23-22(24,17-13-18(25)15-26-14-17)28-11-8-20(19-5-1-4-10-27-19)9-12-29-21(16-20)6-2-3-7-21/h1,4-5,10,13-15,28H,2-3,6-9,11-12,16,23-24H2/t20-/m1/s1. The lowest BCUT2D eigenvalue weighted by molar-refractivity contribution is -0.104. The van der Waals surface area contributed by atoms with E-state index < -0.39 is 0 Å². The zero-order valence-corrected chi connectivity index (χ0v) is 18.3. The fourth-order valence-corrected chi connectivity index (χ4v) is 5.44. The summed E-state index contributed by atoms with van der Waals surface area (Å²) in [5.41, 5.74) is 2.46. The number of aromatic nitrogens is 2. The first-order chi connectivity index (χ1) is 13.9. The number of ether oxygens (including phenoxy) is 1. The first-order valence-electron chi connectivity index (χ1n) is 10.8. The van der Waals surface area contributed by atoms with Crippen LogP contribution in [0.5, 0.6) is 0 Å². The van der Waals surface area contributed by atoms with Crippen LogP contribution in [0.25, 0.3) is 0 Å². The third-order valence-corrected chi connectivity index (χ3v) is 7.18. The van der Waals surface area contributed by atoms with Crippen LogP contribution in [0.1, 0.15) is 56.2 Å². The fourth-order valence-electron chi connectivity index (χ4n) is 5.27. The number of halogens is 1. The number of hydrogen-bond acceptors (Lipinski definition) is 4. The van der Waals surface area contributed by atoms with E-state index in [0.29, 0.717) is 5.02 Å². The molecule has 2 aromatic rings. The molecule has 0 bridgehead atoms. The summed E-state index contributed by atoms with van der Waals surface area (Å²) in [6.45, 7) is 1.74. The highest BCUT2D eigenvalue weighted by atomic mass is 35.5. The Morgan fingerprint density at radius 3 is 2.72 bits per heavy atom. The molecule has 1 N–H and O–H groups in total. The lowest BCUT2D eigenvalue weighted by Crippen LogP contribution is -2.50. The minimum absolute atomic E-state index is 0.0577. The van der Waals surface area contributed by atoms with Crippen LogP contribution >= 0.6 is 11.6 Å². The van der Waals surface area contributed by atoms with E-state index in [-0.39, 0.29) is 16.4 Å². The minimum Gasteiger partial charge on any atom is -0.375 e. The van der Waals surface area contributed by atoms with Crippen LogP contribution in [-0.4, -0.2) is 44.4 Å². The zero-order chi connectivity index (χ0) is 20.4. The summed E-state index contributed by atoms with van der Waals surface area (Å²) in [5.74, 6) is 0. The van der Waals surface area contributed by atoms with E-state index >= 15 is 0 Å². The van der Waals surface area contributed by atoms with Crippen LogP contribution in [0.2, 0.25) is 5.02 Å². The molecule has 0 unspecified atom stereocenters. The van der Waals surface area contributed by atoms with Crippen molar-refractivity contribution >= 4 is 27.3 Å². The van der Waals surface area contributed by atoms with Gasteiger partial charge in [-0.05, 0) is 67.7 Å². The van der Waals surface area contributed by atoms with Gasteiger partial charge in [-0.25, -0.2) is 0 Å². The van der Waals surface area contributed by atoms with Crippen molar-refractivity contribution in [1.29, 1.82) is 0 Å². The molecule has 2 aromatic heterocycles. The van der Waals surface area contributed by atoms with Crippen molar-refractivity contribution in [3.05, 3.63) is 59.1 Å². The summed E-state index contributed by atoms with van der Waals surface area (Å²) < 4.78 is 6.36. The van der Waals surface area contributed by atoms with Crippen LogP contribution in [-0.2, 0) is 15.5 Å². The summed E-state index contributed by atoms with van der Waals surface area (Å²) in [5, 5.41) is 4.24. The van der Waals surface area contributed by atoms with Gasteiger partial charge in [0.2, 0.25) is 0 Å². The highest BCUT2D eigenvalue weighted by molar-refractivity contribution is 6.40. The van der Waals surface area contributed by atoms with Crippen molar-refractivity contribution in [3.63, 3.8) is 0 Å². The van der Waals surface area contributed by atoms with Gasteiger partial charge in [-0.1, -0.05) is 30.5 Å². The van der Waals surface area contributed by atoms with E-state index in [1.54, 1.807) is 6.20 Å². The minimum atomic E-state index is -0.195. The van der Waals surface area contributed by atoms with Crippen LogP contribution < -0.4 is 5.32 Å². The Labute approximate surface area is 181 Å². The quantitative estimate of drug-likeness (QED) is 0.745. The third kappa shape index (κ3) is 4.55. The molecule has 1 aliphatic heterocycles. The predicted molar refractivity (Wildman–Crippen MR) is 123 cm³/mol. The van der Waals surface area contributed by atoms with Crippen LogP contribution in [0, 0.1) is 0 Å². The Hall–Kier alpha value is -1.36. The lowest BCUT2D eigenvalue weighted by Gasteiger charge is -2.47. The SMILES string of the molecule is BC(B)(NCC[C@@]1(c2ccccn2)CCOC2(CCCC2)C1)c1cncc(Cl)c1. The molecule has 2 aliphatic rings. The molecule has 1 saturated heterocycles. The second kappa shape index (κ2) is 8.41. The molecule has 3 heterocycles. The van der Waals surface area contributed by atoms with E-state index in [1.807, 2.05) is 24.5 Å². The number of nitrogens with one attached hydrogen (secondary N) is 1. The van der Waals surface area contributed by atoms with Crippen molar-refractivity contribution in [2.75, 3.05) is 13.2 Å². The monoisotopic (exact) mass is 409 g/mol. The Balaban J connectivity index is 1.52. The Morgan fingerprint density at radius 1 is 1.17 bits per heavy atom. The van der Waals surface area contributed by atoms with Gasteiger partial charge in [0.25, 0.3) is 0 Å². The predicted octanol–water partition coefficient (Wildman–Crippen LogP) is 2.55. The van der Waals surface area contributed by atoms with Gasteiger partial charge in [-0.2, -0.15) is 0 Å². The topological polar surface area (TPSA) is 47.0 Å². The van der Waals surface area contributed by atoms with Gasteiger partial charge in [-0.15, -0.1) is 0 Å². The maximum atomic E-state index is 6.36. The maximum absolute atomic E-state index is 6.36. The van der Waals surface area contributed by atoms with Crippen molar-refractivity contribution in [1.82, 2.24) is 15.3 Å². The van der Waals surface area contributed by atoms with E-state index in [0.717, 1.165) is 38.0 Å². The molecular weight excluding hydrogens is 379 g/mol. The fraction of sp³-hybridized carbons (Fsp3) is 0.545. The smallest absolute Gasteiger partial charge is 0.122 e. The average molecular weight is 410 g/mol. The number of pyridine rings is 2. The molecule has 2 fully saturated rings. The van der Waals surface area contributed by atoms with E-state index in [9.17, 15) is 0 Å². The summed E-state index contributed by atoms with van der Waals surface area (Å²) in [6, 6.07) is 8.34. The second-order valence-corrected chi connectivity index (χ2v) is 9.79. The molecular formula is C22H30B2ClN3O. The average Bonchev–Trinajstić information content (AvgIpc) is 3.16.